The number of ether oxygens (including phenoxy) is 1. The van der Waals surface area contributed by atoms with E-state index < -0.39 is 11.4 Å². The second kappa shape index (κ2) is 13.2. The SMILES string of the molecule is Cc1cc(C(=O)N2CCN(Cc3ccc(F)cc3)CC2)ccc1-c1cccc(COc2ccc(Cn3oc(=O)[nH]c3=O)cc2)c1. The highest BCUT2D eigenvalue weighted by Crippen LogP contribution is 2.27. The fourth-order valence-electron chi connectivity index (χ4n) is 5.53. The summed E-state index contributed by atoms with van der Waals surface area (Å²) in [6.07, 6.45) is 0. The van der Waals surface area contributed by atoms with Gasteiger partial charge in [-0.3, -0.25) is 9.69 Å². The van der Waals surface area contributed by atoms with Gasteiger partial charge >= 0.3 is 11.4 Å². The van der Waals surface area contributed by atoms with E-state index in [-0.39, 0.29) is 18.3 Å². The van der Waals surface area contributed by atoms with E-state index in [1.165, 1.54) is 12.1 Å². The van der Waals surface area contributed by atoms with Crippen LogP contribution in [-0.2, 0) is 19.7 Å². The highest BCUT2D eigenvalue weighted by atomic mass is 19.1. The zero-order valence-corrected chi connectivity index (χ0v) is 24.9. The van der Waals surface area contributed by atoms with E-state index in [1.54, 1.807) is 24.3 Å². The summed E-state index contributed by atoms with van der Waals surface area (Å²) in [6, 6.07) is 27.8. The topological polar surface area (TPSA) is 101 Å². The third-order valence-electron chi connectivity index (χ3n) is 7.97. The van der Waals surface area contributed by atoms with Crippen LogP contribution in [0.1, 0.15) is 32.6 Å². The Morgan fingerprint density at radius 1 is 0.844 bits per heavy atom. The first-order chi connectivity index (χ1) is 21.8. The summed E-state index contributed by atoms with van der Waals surface area (Å²) in [7, 11) is 0. The second-order valence-electron chi connectivity index (χ2n) is 11.2. The van der Waals surface area contributed by atoms with Crippen molar-refractivity contribution in [1.29, 1.82) is 0 Å². The number of rotatable bonds is 9. The van der Waals surface area contributed by atoms with Crippen LogP contribution in [0.25, 0.3) is 11.1 Å². The van der Waals surface area contributed by atoms with Crippen molar-refractivity contribution in [2.75, 3.05) is 26.2 Å². The highest BCUT2D eigenvalue weighted by molar-refractivity contribution is 5.95. The lowest BCUT2D eigenvalue weighted by molar-refractivity contribution is 0.0628. The quantitative estimate of drug-likeness (QED) is 0.257. The normalized spacial score (nSPS) is 13.6. The number of aromatic amines is 1. The number of hydrogen-bond donors (Lipinski definition) is 1. The predicted molar refractivity (Wildman–Crippen MR) is 168 cm³/mol. The number of amides is 1. The molecule has 1 aliphatic rings. The van der Waals surface area contributed by atoms with Gasteiger partial charge in [-0.15, -0.1) is 4.74 Å². The van der Waals surface area contributed by atoms with Crippen LogP contribution in [0.2, 0.25) is 0 Å². The highest BCUT2D eigenvalue weighted by Gasteiger charge is 2.22. The first kappa shape index (κ1) is 29.8. The molecule has 1 aliphatic heterocycles. The summed E-state index contributed by atoms with van der Waals surface area (Å²) in [4.78, 5) is 42.4. The number of nitrogens with one attached hydrogen (secondary N) is 1. The van der Waals surface area contributed by atoms with Crippen LogP contribution in [0, 0.1) is 12.7 Å². The fraction of sp³-hybridized carbons (Fsp3) is 0.229. The van der Waals surface area contributed by atoms with Crippen molar-refractivity contribution >= 4 is 5.91 Å². The molecule has 0 radical (unpaired) electrons. The number of hydrogen-bond acceptors (Lipinski definition) is 6. The molecule has 0 atom stereocenters. The molecule has 0 aliphatic carbocycles. The van der Waals surface area contributed by atoms with Gasteiger partial charge in [-0.2, -0.15) is 0 Å². The Kier molecular flexibility index (Phi) is 8.74. The van der Waals surface area contributed by atoms with E-state index in [9.17, 15) is 18.8 Å². The molecule has 9 nitrogen and oxygen atoms in total. The van der Waals surface area contributed by atoms with Crippen molar-refractivity contribution in [3.05, 3.63) is 146 Å². The van der Waals surface area contributed by atoms with Crippen molar-refractivity contribution in [2.45, 2.75) is 26.6 Å². The summed E-state index contributed by atoms with van der Waals surface area (Å²) in [5, 5.41) is 0. The maximum absolute atomic E-state index is 13.3. The lowest BCUT2D eigenvalue weighted by Crippen LogP contribution is -2.48. The molecule has 6 rings (SSSR count). The monoisotopic (exact) mass is 608 g/mol. The fourth-order valence-corrected chi connectivity index (χ4v) is 5.53. The van der Waals surface area contributed by atoms with E-state index in [1.807, 2.05) is 60.4 Å². The average molecular weight is 609 g/mol. The van der Waals surface area contributed by atoms with Gasteiger partial charge in [0.05, 0.1) is 6.54 Å². The van der Waals surface area contributed by atoms with E-state index in [0.29, 0.717) is 31.0 Å². The molecule has 230 valence electrons. The van der Waals surface area contributed by atoms with Crippen LogP contribution < -0.4 is 16.2 Å². The van der Waals surface area contributed by atoms with Crippen molar-refractivity contribution in [1.82, 2.24) is 19.5 Å². The Bertz CT molecular complexity index is 1900. The number of nitrogens with zero attached hydrogens (tertiary/aromatic N) is 3. The van der Waals surface area contributed by atoms with Crippen LogP contribution >= 0.6 is 0 Å². The molecular formula is C35H33FN4O5. The molecule has 1 aromatic heterocycles. The minimum Gasteiger partial charge on any atom is -0.489 e. The number of piperazine rings is 1. The standard InChI is InChI=1S/C35H33FN4O5/c1-24-19-29(33(41)39-17-15-38(16-18-39)21-25-5-10-30(36)11-6-25)9-14-32(24)28-4-2-3-27(20-28)23-44-31-12-7-26(8-13-31)22-40-34(42)37-35(43)45-40/h2-14,19-20H,15-18,21-23H2,1H3,(H,37,42,43). The van der Waals surface area contributed by atoms with Gasteiger partial charge in [0.2, 0.25) is 0 Å². The third kappa shape index (κ3) is 7.30. The largest absolute Gasteiger partial charge is 0.489 e. The molecule has 1 saturated heterocycles. The van der Waals surface area contributed by atoms with Gasteiger partial charge in [-0.05, 0) is 82.8 Å². The maximum Gasteiger partial charge on any atom is 0.440 e. The number of halogens is 1. The second-order valence-corrected chi connectivity index (χ2v) is 11.2. The van der Waals surface area contributed by atoms with Gasteiger partial charge in [0.15, 0.2) is 0 Å². The Hall–Kier alpha value is -5.22. The average Bonchev–Trinajstić information content (AvgIpc) is 3.37. The van der Waals surface area contributed by atoms with Crippen LogP contribution in [0.15, 0.2) is 105 Å². The van der Waals surface area contributed by atoms with Crippen molar-refractivity contribution in [3.8, 4) is 16.9 Å². The zero-order chi connectivity index (χ0) is 31.3. The molecule has 1 amide bonds. The van der Waals surface area contributed by atoms with Crippen LogP contribution in [0.4, 0.5) is 4.39 Å². The summed E-state index contributed by atoms with van der Waals surface area (Å²) < 4.78 is 25.0. The first-order valence-corrected chi connectivity index (χ1v) is 14.8. The van der Waals surface area contributed by atoms with Gasteiger partial charge in [0.25, 0.3) is 5.91 Å². The molecule has 1 N–H and O–H groups in total. The summed E-state index contributed by atoms with van der Waals surface area (Å²) in [5.41, 5.74) is 6.03. The number of aryl methyl sites for hydroxylation is 1. The zero-order valence-electron chi connectivity index (χ0n) is 24.9. The molecular weight excluding hydrogens is 575 g/mol. The molecule has 0 bridgehead atoms. The van der Waals surface area contributed by atoms with E-state index in [0.717, 1.165) is 57.8 Å². The number of benzene rings is 4. The Balaban J connectivity index is 1.04. The van der Waals surface area contributed by atoms with E-state index in [4.69, 9.17) is 9.26 Å². The van der Waals surface area contributed by atoms with E-state index >= 15 is 0 Å². The summed E-state index contributed by atoms with van der Waals surface area (Å²) in [6.45, 7) is 6.10. The van der Waals surface area contributed by atoms with Crippen molar-refractivity contribution < 1.29 is 18.4 Å². The molecule has 4 aromatic carbocycles. The predicted octanol–water partition coefficient (Wildman–Crippen LogP) is 4.83. The van der Waals surface area contributed by atoms with Gasteiger partial charge < -0.3 is 14.2 Å². The smallest absolute Gasteiger partial charge is 0.440 e. The van der Waals surface area contributed by atoms with Crippen LogP contribution in [0.3, 0.4) is 0 Å². The van der Waals surface area contributed by atoms with Gasteiger partial charge in [-0.25, -0.2) is 19.0 Å². The Labute approximate surface area is 259 Å². The van der Waals surface area contributed by atoms with Crippen LogP contribution in [-0.4, -0.2) is 51.6 Å². The number of H-pyrrole nitrogens is 1. The molecule has 2 heterocycles. The molecule has 0 spiro atoms. The number of carbonyl (C=O) groups excluding carboxylic acids is 1. The van der Waals surface area contributed by atoms with Crippen molar-refractivity contribution in [3.63, 3.8) is 0 Å². The van der Waals surface area contributed by atoms with Gasteiger partial charge in [0, 0.05) is 38.3 Å². The molecule has 10 heteroatoms. The maximum atomic E-state index is 13.3. The molecule has 0 saturated carbocycles. The summed E-state index contributed by atoms with van der Waals surface area (Å²) in [5.74, 6) is -0.319. The third-order valence-corrected chi connectivity index (χ3v) is 7.97. The Morgan fingerprint density at radius 3 is 2.24 bits per heavy atom. The first-order valence-electron chi connectivity index (χ1n) is 14.8. The molecule has 45 heavy (non-hydrogen) atoms. The lowest BCUT2D eigenvalue weighted by atomic mass is 9.96. The van der Waals surface area contributed by atoms with E-state index in [2.05, 4.69) is 16.0 Å². The number of aromatic nitrogens is 2. The van der Waals surface area contributed by atoms with Gasteiger partial charge in [-0.1, -0.05) is 48.5 Å². The van der Waals surface area contributed by atoms with Crippen LogP contribution in [0.5, 0.6) is 5.75 Å². The molecule has 0 unspecified atom stereocenters. The molecule has 1 fully saturated rings. The number of carbonyl (C=O) groups is 1. The van der Waals surface area contributed by atoms with Gasteiger partial charge in [0.1, 0.15) is 18.2 Å². The molecule has 5 aromatic rings. The van der Waals surface area contributed by atoms with Crippen molar-refractivity contribution in [2.24, 2.45) is 0 Å². The Morgan fingerprint density at radius 2 is 1.56 bits per heavy atom. The lowest BCUT2D eigenvalue weighted by Gasteiger charge is -2.35. The minimum absolute atomic E-state index is 0.0314. The summed E-state index contributed by atoms with van der Waals surface area (Å²) >= 11 is 0. The minimum atomic E-state index is -0.785.